The van der Waals surface area contributed by atoms with Crippen molar-refractivity contribution in [1.29, 1.82) is 0 Å². The molecule has 1 aliphatic heterocycles. The van der Waals surface area contributed by atoms with Crippen LogP contribution in [0.25, 0.3) is 0 Å². The van der Waals surface area contributed by atoms with E-state index in [2.05, 4.69) is 5.32 Å². The first kappa shape index (κ1) is 15.3. The number of morpholine rings is 1. The molecule has 1 atom stereocenters. The summed E-state index contributed by atoms with van der Waals surface area (Å²) >= 11 is 0. The summed E-state index contributed by atoms with van der Waals surface area (Å²) in [5.74, 6) is -1.23. The van der Waals surface area contributed by atoms with Crippen molar-refractivity contribution in [3.8, 4) is 0 Å². The lowest BCUT2D eigenvalue weighted by molar-refractivity contribution is -0.385. The highest BCUT2D eigenvalue weighted by Crippen LogP contribution is 2.22. The molecular weight excluding hydrogens is 281 g/mol. The van der Waals surface area contributed by atoms with E-state index in [1.807, 2.05) is 0 Å². The van der Waals surface area contributed by atoms with Crippen LogP contribution in [0, 0.1) is 15.9 Å². The summed E-state index contributed by atoms with van der Waals surface area (Å²) in [6.45, 7) is 1.55. The van der Waals surface area contributed by atoms with E-state index in [-0.39, 0.29) is 11.7 Å². The molecule has 0 spiro atoms. The normalized spacial score (nSPS) is 18.6. The Balaban J connectivity index is 2.23. The number of hydrogen-bond acceptors (Lipinski definition) is 5. The topological polar surface area (TPSA) is 84.7 Å². The Kier molecular flexibility index (Phi) is 4.81. The molecule has 1 N–H and O–H groups in total. The zero-order valence-electron chi connectivity index (χ0n) is 11.5. The fourth-order valence-corrected chi connectivity index (χ4v) is 2.26. The first-order chi connectivity index (χ1) is 10.0. The third-order valence-corrected chi connectivity index (χ3v) is 3.24. The van der Waals surface area contributed by atoms with Crippen molar-refractivity contribution in [1.82, 2.24) is 10.2 Å². The minimum absolute atomic E-state index is 0.180. The third kappa shape index (κ3) is 3.53. The van der Waals surface area contributed by atoms with Gasteiger partial charge in [0.2, 0.25) is 0 Å². The lowest BCUT2D eigenvalue weighted by atomic mass is 10.1. The Labute approximate surface area is 120 Å². The molecule has 21 heavy (non-hydrogen) atoms. The Bertz CT molecular complexity index is 550. The summed E-state index contributed by atoms with van der Waals surface area (Å²) in [5, 5.41) is 13.9. The summed E-state index contributed by atoms with van der Waals surface area (Å²) in [6.07, 6.45) is -0.180. The molecule has 2 rings (SSSR count). The van der Waals surface area contributed by atoms with Crippen LogP contribution in [0.1, 0.15) is 10.4 Å². The van der Waals surface area contributed by atoms with Crippen LogP contribution < -0.4 is 5.32 Å². The number of rotatable bonds is 4. The molecule has 0 saturated carbocycles. The van der Waals surface area contributed by atoms with E-state index in [9.17, 15) is 19.3 Å². The molecule has 114 valence electrons. The summed E-state index contributed by atoms with van der Waals surface area (Å²) in [4.78, 5) is 24.1. The maximum Gasteiger partial charge on any atom is 0.282 e. The minimum atomic E-state index is -0.682. The van der Waals surface area contributed by atoms with Crippen molar-refractivity contribution < 1.29 is 18.8 Å². The summed E-state index contributed by atoms with van der Waals surface area (Å²) in [6, 6.07) is 2.88. The van der Waals surface area contributed by atoms with Gasteiger partial charge in [0.05, 0.1) is 17.6 Å². The summed E-state index contributed by atoms with van der Waals surface area (Å²) < 4.78 is 18.8. The third-order valence-electron chi connectivity index (χ3n) is 3.24. The van der Waals surface area contributed by atoms with E-state index >= 15 is 0 Å². The molecule has 0 bridgehead atoms. The molecular formula is C13H16FN3O4. The van der Waals surface area contributed by atoms with Crippen molar-refractivity contribution in [2.24, 2.45) is 0 Å². The second kappa shape index (κ2) is 6.59. The van der Waals surface area contributed by atoms with Crippen LogP contribution in [-0.2, 0) is 4.74 Å². The number of benzene rings is 1. The van der Waals surface area contributed by atoms with Gasteiger partial charge < -0.3 is 15.0 Å². The van der Waals surface area contributed by atoms with E-state index in [4.69, 9.17) is 4.74 Å². The first-order valence-electron chi connectivity index (χ1n) is 6.52. The number of nitrogens with zero attached hydrogens (tertiary/aromatic N) is 2. The smallest absolute Gasteiger partial charge is 0.282 e. The van der Waals surface area contributed by atoms with Crippen LogP contribution >= 0.6 is 0 Å². The maximum absolute atomic E-state index is 13.3. The van der Waals surface area contributed by atoms with Gasteiger partial charge in [0.25, 0.3) is 11.6 Å². The van der Waals surface area contributed by atoms with E-state index in [0.717, 1.165) is 18.2 Å². The molecule has 1 saturated heterocycles. The number of nitrogens with one attached hydrogen (secondary N) is 1. The Morgan fingerprint density at radius 2 is 2.38 bits per heavy atom. The highest BCUT2D eigenvalue weighted by atomic mass is 19.1. The summed E-state index contributed by atoms with van der Waals surface area (Å²) in [7, 11) is 1.77. The molecule has 8 heteroatoms. The molecule has 0 radical (unpaired) electrons. The van der Waals surface area contributed by atoms with Gasteiger partial charge in [0, 0.05) is 25.7 Å². The molecule has 0 aromatic heterocycles. The number of ether oxygens (including phenoxy) is 1. The van der Waals surface area contributed by atoms with Gasteiger partial charge in [0.15, 0.2) is 0 Å². The van der Waals surface area contributed by atoms with Gasteiger partial charge in [-0.15, -0.1) is 0 Å². The highest BCUT2D eigenvalue weighted by Gasteiger charge is 2.29. The minimum Gasteiger partial charge on any atom is -0.373 e. The molecule has 1 aliphatic rings. The fraction of sp³-hybridized carbons (Fsp3) is 0.462. The lowest BCUT2D eigenvalue weighted by Crippen LogP contribution is -2.48. The van der Waals surface area contributed by atoms with Crippen LogP contribution in [0.4, 0.5) is 10.1 Å². The molecule has 1 aromatic rings. The van der Waals surface area contributed by atoms with E-state index in [0.29, 0.717) is 26.2 Å². The summed E-state index contributed by atoms with van der Waals surface area (Å²) in [5.41, 5.74) is -0.622. The van der Waals surface area contributed by atoms with Gasteiger partial charge in [-0.05, 0) is 19.2 Å². The quantitative estimate of drug-likeness (QED) is 0.656. The number of hydrogen-bond donors (Lipinski definition) is 1. The van der Waals surface area contributed by atoms with Crippen molar-refractivity contribution in [3.05, 3.63) is 39.7 Å². The first-order valence-corrected chi connectivity index (χ1v) is 6.52. The molecule has 1 fully saturated rings. The van der Waals surface area contributed by atoms with E-state index in [1.165, 1.54) is 4.90 Å². The second-order valence-corrected chi connectivity index (χ2v) is 4.72. The lowest BCUT2D eigenvalue weighted by Gasteiger charge is -2.32. The highest BCUT2D eigenvalue weighted by molar-refractivity contribution is 5.98. The number of likely N-dealkylation sites (N-methyl/N-ethyl adjacent to an activating group) is 1. The molecule has 0 aliphatic carbocycles. The Morgan fingerprint density at radius 3 is 3.05 bits per heavy atom. The largest absolute Gasteiger partial charge is 0.373 e. The zero-order valence-corrected chi connectivity index (χ0v) is 11.5. The average molecular weight is 297 g/mol. The van der Waals surface area contributed by atoms with Crippen LogP contribution in [0.15, 0.2) is 18.2 Å². The standard InChI is InChI=1S/C13H16FN3O4/c1-15-7-10-8-16(4-5-21-10)13(18)11-6-9(14)2-3-12(11)17(19)20/h2-3,6,10,15H,4-5,7-8H2,1H3. The van der Waals surface area contributed by atoms with Crippen molar-refractivity contribution in [2.45, 2.75) is 6.10 Å². The van der Waals surface area contributed by atoms with Gasteiger partial charge in [-0.3, -0.25) is 14.9 Å². The number of nitro benzene ring substituents is 1. The van der Waals surface area contributed by atoms with E-state index in [1.54, 1.807) is 7.05 Å². The van der Waals surface area contributed by atoms with Gasteiger partial charge in [-0.25, -0.2) is 4.39 Å². The number of halogens is 1. The van der Waals surface area contributed by atoms with Gasteiger partial charge >= 0.3 is 0 Å². The molecule has 1 aromatic carbocycles. The zero-order chi connectivity index (χ0) is 15.4. The van der Waals surface area contributed by atoms with Crippen molar-refractivity contribution >= 4 is 11.6 Å². The predicted octanol–water partition coefficient (Wildman–Crippen LogP) is 0.794. The average Bonchev–Trinajstić information content (AvgIpc) is 2.46. The molecule has 1 amide bonds. The van der Waals surface area contributed by atoms with Gasteiger partial charge in [0.1, 0.15) is 11.4 Å². The molecule has 7 nitrogen and oxygen atoms in total. The number of nitro groups is 1. The number of carbonyl (C=O) groups is 1. The maximum atomic E-state index is 13.3. The monoisotopic (exact) mass is 297 g/mol. The molecule has 1 heterocycles. The van der Waals surface area contributed by atoms with E-state index < -0.39 is 22.3 Å². The Morgan fingerprint density at radius 1 is 1.62 bits per heavy atom. The predicted molar refractivity (Wildman–Crippen MR) is 72.6 cm³/mol. The Hall–Kier alpha value is -2.06. The second-order valence-electron chi connectivity index (χ2n) is 4.72. The van der Waals surface area contributed by atoms with Gasteiger partial charge in [-0.1, -0.05) is 0 Å². The fourth-order valence-electron chi connectivity index (χ4n) is 2.26. The number of amides is 1. The van der Waals surface area contributed by atoms with Crippen LogP contribution in [-0.4, -0.2) is 55.1 Å². The van der Waals surface area contributed by atoms with Crippen molar-refractivity contribution in [3.63, 3.8) is 0 Å². The SMILES string of the molecule is CNCC1CN(C(=O)c2cc(F)ccc2[N+](=O)[O-])CCO1. The van der Waals surface area contributed by atoms with Crippen molar-refractivity contribution in [2.75, 3.05) is 33.3 Å². The number of carbonyl (C=O) groups excluding carboxylic acids is 1. The van der Waals surface area contributed by atoms with Gasteiger partial charge in [-0.2, -0.15) is 0 Å². The van der Waals surface area contributed by atoms with Crippen LogP contribution in [0.5, 0.6) is 0 Å². The van der Waals surface area contributed by atoms with Crippen LogP contribution in [0.3, 0.4) is 0 Å². The molecule has 1 unspecified atom stereocenters. The van der Waals surface area contributed by atoms with Crippen LogP contribution in [0.2, 0.25) is 0 Å².